The predicted octanol–water partition coefficient (Wildman–Crippen LogP) is 2.61. The molecule has 36 heavy (non-hydrogen) atoms. The Morgan fingerprint density at radius 1 is 1.25 bits per heavy atom. The number of hydrogen-bond acceptors (Lipinski definition) is 6. The average molecular weight is 497 g/mol. The Kier molecular flexibility index (Phi) is 5.88. The molecular formula is C26H29FN4O5. The van der Waals surface area contributed by atoms with Gasteiger partial charge in [-0.25, -0.2) is 9.18 Å². The molecule has 0 spiro atoms. The van der Waals surface area contributed by atoms with E-state index in [1.54, 1.807) is 36.1 Å². The zero-order chi connectivity index (χ0) is 25.8. The Bertz CT molecular complexity index is 1360. The molecule has 2 aliphatic heterocycles. The molecule has 2 aliphatic rings. The summed E-state index contributed by atoms with van der Waals surface area (Å²) in [5, 5.41) is 20.1. The number of ether oxygens (including phenoxy) is 1. The Morgan fingerprint density at radius 3 is 2.72 bits per heavy atom. The quantitative estimate of drug-likeness (QED) is 0.434. The monoisotopic (exact) mass is 496 g/mol. The van der Waals surface area contributed by atoms with Gasteiger partial charge in [0.05, 0.1) is 13.7 Å². The Labute approximate surface area is 207 Å². The Morgan fingerprint density at radius 2 is 2.03 bits per heavy atom. The molecule has 1 unspecified atom stereocenters. The number of fused-ring (bicyclic) bond motifs is 4. The van der Waals surface area contributed by atoms with Crippen LogP contribution in [-0.2, 0) is 11.2 Å². The van der Waals surface area contributed by atoms with Gasteiger partial charge in [-0.1, -0.05) is 12.1 Å². The van der Waals surface area contributed by atoms with Crippen LogP contribution < -0.4 is 4.74 Å². The number of rotatable bonds is 7. The van der Waals surface area contributed by atoms with E-state index in [4.69, 9.17) is 4.74 Å². The summed E-state index contributed by atoms with van der Waals surface area (Å²) in [6.45, 7) is 2.76. The highest BCUT2D eigenvalue weighted by Crippen LogP contribution is 2.49. The number of aromatic hydroxyl groups is 1. The van der Waals surface area contributed by atoms with E-state index in [2.05, 4.69) is 4.98 Å². The van der Waals surface area contributed by atoms with Crippen LogP contribution in [0.2, 0.25) is 0 Å². The molecule has 10 heteroatoms. The second-order valence-electron chi connectivity index (χ2n) is 9.63. The number of aliphatic hydroxyl groups is 1. The normalized spacial score (nSPS) is 21.4. The number of H-pyrrole nitrogens is 1. The molecule has 3 N–H and O–H groups in total. The highest BCUT2D eigenvalue weighted by atomic mass is 19.1. The summed E-state index contributed by atoms with van der Waals surface area (Å²) in [5.74, 6) is -0.711. The Hall–Kier alpha value is -3.63. The molecule has 1 fully saturated rings. The number of amides is 3. The van der Waals surface area contributed by atoms with Crippen LogP contribution in [-0.4, -0.2) is 87.8 Å². The van der Waals surface area contributed by atoms with Gasteiger partial charge < -0.3 is 24.8 Å². The summed E-state index contributed by atoms with van der Waals surface area (Å²) < 4.78 is 19.7. The lowest BCUT2D eigenvalue weighted by Gasteiger charge is -2.42. The zero-order valence-corrected chi connectivity index (χ0v) is 20.4. The van der Waals surface area contributed by atoms with Gasteiger partial charge in [-0.05, 0) is 43.3 Å². The summed E-state index contributed by atoms with van der Waals surface area (Å²) in [4.78, 5) is 35.5. The second kappa shape index (κ2) is 8.79. The lowest BCUT2D eigenvalue weighted by Crippen LogP contribution is -2.53. The largest absolute Gasteiger partial charge is 0.508 e. The highest BCUT2D eigenvalue weighted by molar-refractivity contribution is 6.08. The molecule has 1 saturated heterocycles. The zero-order valence-electron chi connectivity index (χ0n) is 20.4. The first-order chi connectivity index (χ1) is 17.2. The number of methoxy groups -OCH3 is 1. The fourth-order valence-corrected chi connectivity index (χ4v) is 5.46. The Balaban J connectivity index is 1.66. The maximum absolute atomic E-state index is 14.5. The van der Waals surface area contributed by atoms with Gasteiger partial charge in [-0.3, -0.25) is 14.6 Å². The molecule has 3 amide bonds. The van der Waals surface area contributed by atoms with E-state index in [0.29, 0.717) is 29.9 Å². The topological polar surface area (TPSA) is 109 Å². The van der Waals surface area contributed by atoms with Crippen molar-refractivity contribution in [2.75, 3.05) is 40.4 Å². The minimum atomic E-state index is -1.19. The lowest BCUT2D eigenvalue weighted by atomic mass is 9.81. The van der Waals surface area contributed by atoms with Crippen LogP contribution in [0.1, 0.15) is 29.8 Å². The van der Waals surface area contributed by atoms with Crippen LogP contribution in [0.25, 0.3) is 10.9 Å². The van der Waals surface area contributed by atoms with Crippen molar-refractivity contribution in [3.05, 3.63) is 59.0 Å². The molecule has 0 aliphatic carbocycles. The van der Waals surface area contributed by atoms with Gasteiger partial charge in [0.15, 0.2) is 11.6 Å². The number of urea groups is 1. The molecule has 1 aromatic heterocycles. The summed E-state index contributed by atoms with van der Waals surface area (Å²) >= 11 is 0. The molecule has 0 bridgehead atoms. The van der Waals surface area contributed by atoms with E-state index in [9.17, 15) is 24.2 Å². The van der Waals surface area contributed by atoms with E-state index < -0.39 is 23.4 Å². The van der Waals surface area contributed by atoms with Gasteiger partial charge in [-0.2, -0.15) is 0 Å². The predicted molar refractivity (Wildman–Crippen MR) is 130 cm³/mol. The fraction of sp³-hybridized carbons (Fsp3) is 0.385. The van der Waals surface area contributed by atoms with E-state index in [1.807, 2.05) is 11.9 Å². The molecule has 2 aromatic carbocycles. The number of phenolic OH excluding ortho intramolecular Hbond substituents is 1. The first-order valence-corrected chi connectivity index (χ1v) is 11.8. The van der Waals surface area contributed by atoms with Crippen LogP contribution in [0.4, 0.5) is 9.18 Å². The first kappa shape index (κ1) is 24.1. The number of nitrogens with one attached hydrogen (secondary N) is 1. The number of halogens is 1. The molecule has 3 heterocycles. The van der Waals surface area contributed by atoms with Crippen LogP contribution in [0.5, 0.6) is 11.5 Å². The first-order valence-electron chi connectivity index (χ1n) is 11.8. The van der Waals surface area contributed by atoms with Crippen molar-refractivity contribution in [3.63, 3.8) is 0 Å². The van der Waals surface area contributed by atoms with Crippen molar-refractivity contribution < 1.29 is 28.9 Å². The van der Waals surface area contributed by atoms with Crippen molar-refractivity contribution in [2.24, 2.45) is 0 Å². The fourth-order valence-electron chi connectivity index (χ4n) is 5.46. The second-order valence-corrected chi connectivity index (χ2v) is 9.63. The molecule has 5 rings (SSSR count). The third kappa shape index (κ3) is 3.59. The third-order valence-corrected chi connectivity index (χ3v) is 7.31. The molecule has 2 atom stereocenters. The van der Waals surface area contributed by atoms with Crippen LogP contribution >= 0.6 is 0 Å². The summed E-state index contributed by atoms with van der Waals surface area (Å²) in [6, 6.07) is 8.42. The van der Waals surface area contributed by atoms with Crippen molar-refractivity contribution in [1.82, 2.24) is 19.7 Å². The maximum atomic E-state index is 14.5. The highest BCUT2D eigenvalue weighted by Gasteiger charge is 2.60. The maximum Gasteiger partial charge on any atom is 0.328 e. The van der Waals surface area contributed by atoms with E-state index >= 15 is 0 Å². The van der Waals surface area contributed by atoms with Crippen LogP contribution in [0.3, 0.4) is 0 Å². The number of aromatic amines is 1. The van der Waals surface area contributed by atoms with E-state index in [1.165, 1.54) is 24.1 Å². The van der Waals surface area contributed by atoms with Gasteiger partial charge in [0.1, 0.15) is 17.3 Å². The van der Waals surface area contributed by atoms with Gasteiger partial charge >= 0.3 is 6.03 Å². The smallest absolute Gasteiger partial charge is 0.328 e. The average Bonchev–Trinajstić information content (AvgIpc) is 3.27. The molecule has 9 nitrogen and oxygen atoms in total. The van der Waals surface area contributed by atoms with Crippen molar-refractivity contribution >= 4 is 22.8 Å². The van der Waals surface area contributed by atoms with Gasteiger partial charge in [0, 0.05) is 48.7 Å². The molecule has 3 aromatic rings. The minimum Gasteiger partial charge on any atom is -0.508 e. The molecule has 0 radical (unpaired) electrons. The number of phenols is 1. The summed E-state index contributed by atoms with van der Waals surface area (Å²) in [7, 11) is 3.21. The third-order valence-electron chi connectivity index (χ3n) is 7.31. The SMILES string of the molecule is COc1cc2c3c([nH]c2cc1F)C(c1cccc(O)c1)N1C(=O)N(CCN(C)CCO)C(=O)[C@]1(C)C3. The molecular weight excluding hydrogens is 467 g/mol. The number of likely N-dealkylation sites (N-methyl/N-ethyl adjacent to an activating group) is 1. The van der Waals surface area contributed by atoms with Gasteiger partial charge in [0.2, 0.25) is 0 Å². The van der Waals surface area contributed by atoms with Crippen molar-refractivity contribution in [3.8, 4) is 11.5 Å². The standard InChI is InChI=1S/C26H29FN4O5/c1-26-14-18-17-12-21(36-3)19(27)13-20(17)28-22(18)23(15-5-4-6-16(33)11-15)31(26)25(35)30(24(26)34)8-7-29(2)9-10-32/h4-6,11-13,23,28,32-33H,7-10,14H2,1-3H3/t23?,26-/m0/s1. The van der Waals surface area contributed by atoms with Crippen molar-refractivity contribution in [2.45, 2.75) is 24.9 Å². The number of aliphatic hydroxyl groups excluding tert-OH is 1. The van der Waals surface area contributed by atoms with Crippen LogP contribution in [0, 0.1) is 5.82 Å². The van der Waals surface area contributed by atoms with Gasteiger partial charge in [0.25, 0.3) is 5.91 Å². The van der Waals surface area contributed by atoms with E-state index in [-0.39, 0.29) is 37.0 Å². The van der Waals surface area contributed by atoms with Gasteiger partial charge in [-0.15, -0.1) is 0 Å². The van der Waals surface area contributed by atoms with E-state index in [0.717, 1.165) is 10.9 Å². The number of carbonyl (C=O) groups excluding carboxylic acids is 2. The summed E-state index contributed by atoms with van der Waals surface area (Å²) in [5.41, 5.74) is 1.45. The molecule has 190 valence electrons. The number of benzene rings is 2. The number of hydrogen-bond donors (Lipinski definition) is 3. The number of imide groups is 1. The lowest BCUT2D eigenvalue weighted by molar-refractivity contribution is -0.133. The number of aromatic nitrogens is 1. The van der Waals surface area contributed by atoms with Crippen molar-refractivity contribution in [1.29, 1.82) is 0 Å². The summed E-state index contributed by atoms with van der Waals surface area (Å²) in [6.07, 6.45) is 0.236. The number of nitrogens with zero attached hydrogens (tertiary/aromatic N) is 3. The van der Waals surface area contributed by atoms with Crippen LogP contribution in [0.15, 0.2) is 36.4 Å². The minimum absolute atomic E-state index is 0.0203. The number of carbonyl (C=O) groups is 2. The molecule has 0 saturated carbocycles.